The molecule has 10 heteroatoms. The van der Waals surface area contributed by atoms with Gasteiger partial charge >= 0.3 is 0 Å². The molecule has 2 rings (SSSR count). The van der Waals surface area contributed by atoms with E-state index in [1.807, 2.05) is 17.5 Å². The van der Waals surface area contributed by atoms with Crippen molar-refractivity contribution >= 4 is 40.2 Å². The highest BCUT2D eigenvalue weighted by Crippen LogP contribution is 2.28. The van der Waals surface area contributed by atoms with Crippen LogP contribution in [0.4, 0.5) is 11.4 Å². The molecule has 2 aromatic rings. The van der Waals surface area contributed by atoms with Crippen molar-refractivity contribution in [2.45, 2.75) is 19.8 Å². The molecule has 2 amide bonds. The van der Waals surface area contributed by atoms with E-state index in [4.69, 9.17) is 4.74 Å². The number of amides is 2. The average Bonchev–Trinajstić information content (AvgIpc) is 3.12. The summed E-state index contributed by atoms with van der Waals surface area (Å²) in [4.78, 5) is 35.1. The summed E-state index contributed by atoms with van der Waals surface area (Å²) in [6.45, 7) is 1.59. The minimum absolute atomic E-state index is 0.0921. The van der Waals surface area contributed by atoms with Gasteiger partial charge in [-0.05, 0) is 24.4 Å². The van der Waals surface area contributed by atoms with Gasteiger partial charge in [-0.25, -0.2) is 5.43 Å². The van der Waals surface area contributed by atoms with E-state index < -0.39 is 10.8 Å². The fourth-order valence-electron chi connectivity index (χ4n) is 2.14. The number of hydrogen-bond acceptors (Lipinski definition) is 7. The molecular formula is C17H18N4O5S. The maximum atomic E-state index is 12.1. The molecule has 0 aliphatic carbocycles. The van der Waals surface area contributed by atoms with Crippen LogP contribution in [0.15, 0.2) is 40.8 Å². The quantitative estimate of drug-likeness (QED) is 0.407. The summed E-state index contributed by atoms with van der Waals surface area (Å²) in [7, 11) is 1.40. The van der Waals surface area contributed by atoms with Crippen molar-refractivity contribution in [1.29, 1.82) is 0 Å². The number of nitro benzene ring substituents is 1. The number of hydrazone groups is 1. The lowest BCUT2D eigenvalue weighted by Gasteiger charge is -2.10. The van der Waals surface area contributed by atoms with Gasteiger partial charge < -0.3 is 10.1 Å². The van der Waals surface area contributed by atoms with Crippen molar-refractivity contribution < 1.29 is 19.2 Å². The monoisotopic (exact) mass is 390 g/mol. The van der Waals surface area contributed by atoms with Gasteiger partial charge in [0, 0.05) is 22.7 Å². The first kappa shape index (κ1) is 20.0. The number of methoxy groups -OCH3 is 1. The lowest BCUT2D eigenvalue weighted by Crippen LogP contribution is -2.22. The SMILES string of the molecule is COc1ccc([N+](=O)[O-])cc1NC(=O)CC(C)=NNC(=O)Cc1cccs1. The molecular weight excluding hydrogens is 372 g/mol. The van der Waals surface area contributed by atoms with Crippen LogP contribution in [-0.2, 0) is 16.0 Å². The van der Waals surface area contributed by atoms with E-state index in [9.17, 15) is 19.7 Å². The normalized spacial score (nSPS) is 11.0. The Morgan fingerprint density at radius 3 is 2.70 bits per heavy atom. The Labute approximate surface area is 159 Å². The van der Waals surface area contributed by atoms with Gasteiger partial charge in [-0.1, -0.05) is 6.07 Å². The summed E-state index contributed by atoms with van der Waals surface area (Å²) in [6, 6.07) is 7.60. The van der Waals surface area contributed by atoms with E-state index >= 15 is 0 Å². The standard InChI is InChI=1S/C17H18N4O5S/c1-11(19-20-17(23)10-13-4-3-7-27-13)8-16(22)18-14-9-12(21(24)25)5-6-15(14)26-2/h3-7,9H,8,10H2,1-2H3,(H,18,22)(H,20,23). The number of hydrogen-bond donors (Lipinski definition) is 2. The lowest BCUT2D eigenvalue weighted by atomic mass is 10.2. The zero-order chi connectivity index (χ0) is 19.8. The van der Waals surface area contributed by atoms with E-state index in [1.165, 1.54) is 36.6 Å². The molecule has 142 valence electrons. The number of carbonyl (C=O) groups excluding carboxylic acids is 2. The number of ether oxygens (including phenoxy) is 1. The van der Waals surface area contributed by atoms with Crippen LogP contribution in [0.3, 0.4) is 0 Å². The Kier molecular flexibility index (Phi) is 7.00. The first-order chi connectivity index (χ1) is 12.9. The summed E-state index contributed by atoms with van der Waals surface area (Å²) in [5, 5.41) is 19.2. The second-order valence-corrected chi connectivity index (χ2v) is 6.54. The van der Waals surface area contributed by atoms with Crippen LogP contribution in [0.25, 0.3) is 0 Å². The van der Waals surface area contributed by atoms with Crippen molar-refractivity contribution in [1.82, 2.24) is 5.43 Å². The molecule has 0 aliphatic heterocycles. The number of benzene rings is 1. The molecule has 0 aliphatic rings. The van der Waals surface area contributed by atoms with Crippen LogP contribution in [0, 0.1) is 10.1 Å². The Bertz CT molecular complexity index is 864. The maximum Gasteiger partial charge on any atom is 0.271 e. The molecule has 0 fully saturated rings. The number of nitrogens with one attached hydrogen (secondary N) is 2. The molecule has 0 saturated carbocycles. The topological polar surface area (TPSA) is 123 Å². The van der Waals surface area contributed by atoms with Crippen molar-refractivity contribution in [2.24, 2.45) is 5.10 Å². The molecule has 2 N–H and O–H groups in total. The smallest absolute Gasteiger partial charge is 0.271 e. The van der Waals surface area contributed by atoms with Gasteiger partial charge in [0.1, 0.15) is 5.75 Å². The van der Waals surface area contributed by atoms with Gasteiger partial charge in [-0.3, -0.25) is 19.7 Å². The average molecular weight is 390 g/mol. The number of anilines is 1. The number of non-ortho nitro benzene ring substituents is 1. The van der Waals surface area contributed by atoms with Gasteiger partial charge in [-0.15, -0.1) is 11.3 Å². The lowest BCUT2D eigenvalue weighted by molar-refractivity contribution is -0.384. The number of nitro groups is 1. The third kappa shape index (κ3) is 6.19. The van der Waals surface area contributed by atoms with Gasteiger partial charge in [0.15, 0.2) is 0 Å². The van der Waals surface area contributed by atoms with E-state index in [-0.39, 0.29) is 30.1 Å². The summed E-state index contributed by atoms with van der Waals surface area (Å²) in [6.07, 6.45) is 0.122. The molecule has 0 atom stereocenters. The van der Waals surface area contributed by atoms with Gasteiger partial charge in [0.05, 0.1) is 30.6 Å². The summed E-state index contributed by atoms with van der Waals surface area (Å²) in [5.74, 6) is -0.423. The first-order valence-corrected chi connectivity index (χ1v) is 8.73. The fraction of sp³-hybridized carbons (Fsp3) is 0.235. The largest absolute Gasteiger partial charge is 0.495 e. The van der Waals surface area contributed by atoms with Crippen LogP contribution in [-0.4, -0.2) is 29.6 Å². The van der Waals surface area contributed by atoms with Gasteiger partial charge in [-0.2, -0.15) is 5.10 Å². The van der Waals surface area contributed by atoms with Crippen LogP contribution >= 0.6 is 11.3 Å². The Morgan fingerprint density at radius 1 is 1.30 bits per heavy atom. The predicted molar refractivity (Wildman–Crippen MR) is 102 cm³/mol. The van der Waals surface area contributed by atoms with Crippen molar-refractivity contribution in [3.8, 4) is 5.75 Å². The third-order valence-electron chi connectivity index (χ3n) is 3.37. The van der Waals surface area contributed by atoms with Gasteiger partial charge in [0.2, 0.25) is 11.8 Å². The minimum atomic E-state index is -0.565. The number of carbonyl (C=O) groups is 2. The Hall–Kier alpha value is -3.27. The molecule has 0 radical (unpaired) electrons. The summed E-state index contributed by atoms with van der Waals surface area (Å²) in [5.41, 5.74) is 2.80. The van der Waals surface area contributed by atoms with E-state index in [2.05, 4.69) is 15.8 Å². The number of rotatable bonds is 8. The van der Waals surface area contributed by atoms with Crippen molar-refractivity contribution in [3.05, 3.63) is 50.7 Å². The van der Waals surface area contributed by atoms with Crippen LogP contribution in [0.5, 0.6) is 5.75 Å². The molecule has 27 heavy (non-hydrogen) atoms. The minimum Gasteiger partial charge on any atom is -0.495 e. The molecule has 0 saturated heterocycles. The summed E-state index contributed by atoms with van der Waals surface area (Å²) >= 11 is 1.47. The third-order valence-corrected chi connectivity index (χ3v) is 4.25. The van der Waals surface area contributed by atoms with Gasteiger partial charge in [0.25, 0.3) is 5.69 Å². The van der Waals surface area contributed by atoms with E-state index in [0.717, 1.165) is 4.88 Å². The Morgan fingerprint density at radius 2 is 2.07 bits per heavy atom. The predicted octanol–water partition coefficient (Wildman–Crippen LogP) is 2.73. The van der Waals surface area contributed by atoms with Crippen LogP contribution in [0.2, 0.25) is 0 Å². The van der Waals surface area contributed by atoms with Crippen LogP contribution in [0.1, 0.15) is 18.2 Å². The zero-order valence-electron chi connectivity index (χ0n) is 14.7. The first-order valence-electron chi connectivity index (χ1n) is 7.85. The number of nitrogens with zero attached hydrogens (tertiary/aromatic N) is 2. The highest BCUT2D eigenvalue weighted by atomic mass is 32.1. The van der Waals surface area contributed by atoms with E-state index in [1.54, 1.807) is 6.92 Å². The molecule has 0 unspecified atom stereocenters. The number of thiophene rings is 1. The highest BCUT2D eigenvalue weighted by molar-refractivity contribution is 7.10. The second-order valence-electron chi connectivity index (χ2n) is 5.50. The summed E-state index contributed by atoms with van der Waals surface area (Å²) < 4.78 is 5.09. The molecule has 0 bridgehead atoms. The fourth-order valence-corrected chi connectivity index (χ4v) is 2.85. The van der Waals surface area contributed by atoms with E-state index in [0.29, 0.717) is 11.5 Å². The van der Waals surface area contributed by atoms with Crippen LogP contribution < -0.4 is 15.5 Å². The second kappa shape index (κ2) is 9.43. The molecule has 0 spiro atoms. The molecule has 1 heterocycles. The molecule has 1 aromatic carbocycles. The van der Waals surface area contributed by atoms with Crippen molar-refractivity contribution in [2.75, 3.05) is 12.4 Å². The molecule has 9 nitrogen and oxygen atoms in total. The molecule has 1 aromatic heterocycles. The Balaban J connectivity index is 1.93. The zero-order valence-corrected chi connectivity index (χ0v) is 15.5. The van der Waals surface area contributed by atoms with Crippen molar-refractivity contribution in [3.63, 3.8) is 0 Å². The highest BCUT2D eigenvalue weighted by Gasteiger charge is 2.14. The maximum absolute atomic E-state index is 12.1.